The number of aliphatic hydroxyl groups is 1. The smallest absolute Gasteiger partial charge is 0.306 e. The third-order valence-electron chi connectivity index (χ3n) is 8.70. The normalized spacial score (nSPS) is 14.9. The summed E-state index contributed by atoms with van der Waals surface area (Å²) in [4.78, 5) is 25.0. The minimum atomic E-state index is -4.56. The average molecular weight is 782 g/mol. The average Bonchev–Trinajstić information content (AvgIpc) is 3.11. The maximum absolute atomic E-state index is 12.6. The fourth-order valence-corrected chi connectivity index (χ4v) is 6.09. The summed E-state index contributed by atoms with van der Waals surface area (Å²) in [5.41, 5.74) is 0. The number of phosphoric ester groups is 1. The number of ether oxygens (including phenoxy) is 2. The van der Waals surface area contributed by atoms with Crippen LogP contribution in [0.1, 0.15) is 155 Å². The van der Waals surface area contributed by atoms with Crippen LogP contribution in [-0.2, 0) is 27.9 Å². The number of quaternary nitrogens is 1. The highest BCUT2D eigenvalue weighted by Gasteiger charge is 2.20. The number of hydrogen-bond donors (Lipinski definition) is 1. The van der Waals surface area contributed by atoms with Crippen LogP contribution in [0.5, 0.6) is 0 Å². The maximum atomic E-state index is 12.6. The summed E-state index contributed by atoms with van der Waals surface area (Å²) in [5, 5.41) is 9.88. The van der Waals surface area contributed by atoms with E-state index in [0.29, 0.717) is 23.9 Å². The van der Waals surface area contributed by atoms with Crippen molar-refractivity contribution in [2.45, 2.75) is 167 Å². The SMILES string of the molecule is CC/C=C/CC(O)/C=C/C=C/CCCCCCCC(=O)O[C@H](CO/C=C/CCCCCCCC/C=C\CCCCCC)COP(=O)([O-])OCC[N+](C)(C)C. The molecule has 0 spiro atoms. The number of phosphoric acid groups is 1. The van der Waals surface area contributed by atoms with E-state index in [-0.39, 0.29) is 26.2 Å². The Morgan fingerprint density at radius 2 is 1.28 bits per heavy atom. The van der Waals surface area contributed by atoms with Crippen LogP contribution >= 0.6 is 7.82 Å². The molecular weight excluding hydrogens is 701 g/mol. The molecule has 314 valence electrons. The van der Waals surface area contributed by atoms with E-state index in [9.17, 15) is 19.4 Å². The van der Waals surface area contributed by atoms with Gasteiger partial charge in [0, 0.05) is 6.42 Å². The van der Waals surface area contributed by atoms with Gasteiger partial charge < -0.3 is 33.0 Å². The van der Waals surface area contributed by atoms with Crippen LogP contribution in [-0.4, -0.2) is 75.3 Å². The van der Waals surface area contributed by atoms with Crippen LogP contribution in [0.4, 0.5) is 0 Å². The lowest BCUT2D eigenvalue weighted by atomic mass is 10.1. The highest BCUT2D eigenvalue weighted by molar-refractivity contribution is 7.45. The zero-order valence-corrected chi connectivity index (χ0v) is 35.9. The van der Waals surface area contributed by atoms with Gasteiger partial charge in [-0.2, -0.15) is 0 Å². The molecule has 0 heterocycles. The van der Waals surface area contributed by atoms with Gasteiger partial charge in [-0.25, -0.2) is 0 Å². The monoisotopic (exact) mass is 782 g/mol. The molecule has 3 atom stereocenters. The van der Waals surface area contributed by atoms with Crippen LogP contribution < -0.4 is 4.89 Å². The number of esters is 1. The summed E-state index contributed by atoms with van der Waals surface area (Å²) in [6, 6.07) is 0. The van der Waals surface area contributed by atoms with Gasteiger partial charge in [-0.15, -0.1) is 0 Å². The first-order chi connectivity index (χ1) is 26.0. The molecule has 0 saturated carbocycles. The first kappa shape index (κ1) is 52.0. The zero-order valence-electron chi connectivity index (χ0n) is 35.0. The van der Waals surface area contributed by atoms with Crippen molar-refractivity contribution in [3.8, 4) is 0 Å². The van der Waals surface area contributed by atoms with Gasteiger partial charge >= 0.3 is 5.97 Å². The Hall–Kier alpha value is -2.00. The Bertz CT molecular complexity index is 1070. The second kappa shape index (κ2) is 36.6. The van der Waals surface area contributed by atoms with Crippen LogP contribution in [0.2, 0.25) is 0 Å². The predicted octanol–water partition coefficient (Wildman–Crippen LogP) is 10.8. The van der Waals surface area contributed by atoms with Gasteiger partial charge in [-0.05, 0) is 76.7 Å². The molecule has 0 aromatic heterocycles. The molecule has 0 aromatic carbocycles. The number of nitrogens with zero attached hydrogens (tertiary/aromatic N) is 1. The van der Waals surface area contributed by atoms with E-state index in [1.165, 1.54) is 70.6 Å². The molecule has 2 unspecified atom stereocenters. The summed E-state index contributed by atoms with van der Waals surface area (Å²) in [6.07, 6.45) is 42.2. The van der Waals surface area contributed by atoms with Crippen molar-refractivity contribution in [1.82, 2.24) is 0 Å². The van der Waals surface area contributed by atoms with Gasteiger partial charge in [0.25, 0.3) is 7.82 Å². The van der Waals surface area contributed by atoms with Gasteiger partial charge in [-0.3, -0.25) is 9.36 Å². The summed E-state index contributed by atoms with van der Waals surface area (Å²) < 4.78 is 34.2. The lowest BCUT2D eigenvalue weighted by molar-refractivity contribution is -0.870. The van der Waals surface area contributed by atoms with Crippen molar-refractivity contribution in [2.24, 2.45) is 0 Å². The van der Waals surface area contributed by atoms with E-state index < -0.39 is 26.0 Å². The van der Waals surface area contributed by atoms with Crippen LogP contribution in [0.15, 0.2) is 60.9 Å². The number of aliphatic hydroxyl groups excluding tert-OH is 1. The molecule has 0 bridgehead atoms. The quantitative estimate of drug-likeness (QED) is 0.0125. The van der Waals surface area contributed by atoms with Gasteiger partial charge in [0.1, 0.15) is 19.8 Å². The zero-order chi connectivity index (χ0) is 40.0. The summed E-state index contributed by atoms with van der Waals surface area (Å²) in [5.74, 6) is -0.400. The van der Waals surface area contributed by atoms with Gasteiger partial charge in [-0.1, -0.05) is 127 Å². The Morgan fingerprint density at radius 1 is 0.704 bits per heavy atom. The van der Waals surface area contributed by atoms with E-state index in [4.69, 9.17) is 18.5 Å². The van der Waals surface area contributed by atoms with Crippen molar-refractivity contribution in [2.75, 3.05) is 47.5 Å². The van der Waals surface area contributed by atoms with E-state index in [0.717, 1.165) is 51.4 Å². The van der Waals surface area contributed by atoms with Crippen LogP contribution in [0.25, 0.3) is 0 Å². The third kappa shape index (κ3) is 39.7. The Morgan fingerprint density at radius 3 is 1.89 bits per heavy atom. The first-order valence-corrected chi connectivity index (χ1v) is 22.6. The number of carbonyl (C=O) groups is 1. The van der Waals surface area contributed by atoms with E-state index >= 15 is 0 Å². The third-order valence-corrected chi connectivity index (χ3v) is 9.66. The number of rotatable bonds is 38. The molecule has 10 heteroatoms. The molecule has 0 aromatic rings. The topological polar surface area (TPSA) is 114 Å². The second-order valence-corrected chi connectivity index (χ2v) is 16.6. The van der Waals surface area contributed by atoms with Crippen LogP contribution in [0.3, 0.4) is 0 Å². The molecule has 1 N–H and O–H groups in total. The summed E-state index contributed by atoms with van der Waals surface area (Å²) in [6.45, 7) is 4.44. The van der Waals surface area contributed by atoms with E-state index in [1.807, 2.05) is 45.4 Å². The van der Waals surface area contributed by atoms with E-state index in [2.05, 4.69) is 38.2 Å². The standard InChI is InChI=1S/C44H80NO8P/c1-6-8-10-11-12-13-14-15-16-17-18-19-23-26-29-33-38-50-40-43(41-52-54(48,49)51-39-37-45(3,4)5)53-44(47)36-32-28-25-22-20-21-24-27-31-35-42(46)34-30-9-7-2/h9,13-14,24,27,30-31,33,35,38,42-43,46H,6-8,10-12,15-23,25-26,28-29,32,34,36-37,39-41H2,1-5H3/b14-13-,27-24+,30-9+,35-31+,38-33+/t42?,43-/m1/s1. The highest BCUT2D eigenvalue weighted by Crippen LogP contribution is 2.38. The summed E-state index contributed by atoms with van der Waals surface area (Å²) >= 11 is 0. The molecule has 0 saturated heterocycles. The molecule has 54 heavy (non-hydrogen) atoms. The van der Waals surface area contributed by atoms with Gasteiger partial charge in [0.2, 0.25) is 0 Å². The number of allylic oxidation sites excluding steroid dienone is 7. The number of hydrogen-bond acceptors (Lipinski definition) is 8. The fourth-order valence-electron chi connectivity index (χ4n) is 5.36. The first-order valence-electron chi connectivity index (χ1n) is 21.2. The van der Waals surface area contributed by atoms with Crippen molar-refractivity contribution < 1.29 is 42.4 Å². The number of likely N-dealkylation sites (N-methyl/N-ethyl adjacent to an activating group) is 1. The lowest BCUT2D eigenvalue weighted by Crippen LogP contribution is -2.37. The molecule has 0 fully saturated rings. The maximum Gasteiger partial charge on any atom is 0.306 e. The van der Waals surface area contributed by atoms with E-state index in [1.54, 1.807) is 12.3 Å². The largest absolute Gasteiger partial charge is 0.756 e. The predicted molar refractivity (Wildman–Crippen MR) is 223 cm³/mol. The van der Waals surface area contributed by atoms with Gasteiger partial charge in [0.05, 0.1) is 40.1 Å². The minimum Gasteiger partial charge on any atom is -0.756 e. The van der Waals surface area contributed by atoms with Crippen molar-refractivity contribution in [1.29, 1.82) is 0 Å². The number of unbranched alkanes of at least 4 members (excludes halogenated alkanes) is 16. The second-order valence-electron chi connectivity index (χ2n) is 15.2. The molecule has 9 nitrogen and oxygen atoms in total. The molecule has 0 amide bonds. The minimum absolute atomic E-state index is 0.000756. The molecular formula is C44H80NO8P. The fraction of sp³-hybridized carbons (Fsp3) is 0.750. The lowest BCUT2D eigenvalue weighted by Gasteiger charge is -2.28. The van der Waals surface area contributed by atoms with Crippen molar-refractivity contribution in [3.63, 3.8) is 0 Å². The highest BCUT2D eigenvalue weighted by atomic mass is 31.2. The Balaban J connectivity index is 4.40. The molecule has 0 radical (unpaired) electrons. The van der Waals surface area contributed by atoms with Gasteiger partial charge in [0.15, 0.2) is 6.10 Å². The van der Waals surface area contributed by atoms with Crippen LogP contribution in [0, 0.1) is 0 Å². The summed E-state index contributed by atoms with van der Waals surface area (Å²) in [7, 11) is 1.26. The molecule has 0 aliphatic carbocycles. The molecule has 0 aliphatic heterocycles. The van der Waals surface area contributed by atoms with Crippen molar-refractivity contribution in [3.05, 3.63) is 60.9 Å². The van der Waals surface area contributed by atoms with Crippen molar-refractivity contribution >= 4 is 13.8 Å². The number of carbonyl (C=O) groups excluding carboxylic acids is 1. The molecule has 0 rings (SSSR count). The Kier molecular flexibility index (Phi) is 35.3. The molecule has 0 aliphatic rings. The Labute approximate surface area is 331 Å².